The summed E-state index contributed by atoms with van der Waals surface area (Å²) in [5.41, 5.74) is 3.32. The molecule has 19 heavy (non-hydrogen) atoms. The van der Waals surface area contributed by atoms with Gasteiger partial charge in [0.2, 0.25) is 0 Å². The predicted molar refractivity (Wildman–Crippen MR) is 78.7 cm³/mol. The van der Waals surface area contributed by atoms with Crippen LogP contribution in [0.4, 0.5) is 0 Å². The van der Waals surface area contributed by atoms with Crippen LogP contribution < -0.4 is 0 Å². The first-order valence-electron chi connectivity index (χ1n) is 6.87. The van der Waals surface area contributed by atoms with E-state index in [9.17, 15) is 5.11 Å². The van der Waals surface area contributed by atoms with Crippen molar-refractivity contribution in [2.75, 3.05) is 0 Å². The fraction of sp³-hybridized carbons (Fsp3) is 0.438. The van der Waals surface area contributed by atoms with Crippen LogP contribution in [0.15, 0.2) is 24.3 Å². The van der Waals surface area contributed by atoms with E-state index in [1.165, 1.54) is 24.8 Å². The highest BCUT2D eigenvalue weighted by molar-refractivity contribution is 7.11. The number of hydrogen-bond donors (Lipinski definition) is 1. The average Bonchev–Trinajstić information content (AvgIpc) is 2.66. The molecular formula is C16H19NOS. The van der Waals surface area contributed by atoms with Gasteiger partial charge in [-0.25, -0.2) is 4.98 Å². The molecule has 1 unspecified atom stereocenters. The van der Waals surface area contributed by atoms with Crippen LogP contribution in [0.5, 0.6) is 0 Å². The highest BCUT2D eigenvalue weighted by atomic mass is 32.1. The summed E-state index contributed by atoms with van der Waals surface area (Å²) >= 11 is 1.59. The third kappa shape index (κ3) is 2.45. The molecule has 1 N–H and O–H groups in total. The van der Waals surface area contributed by atoms with E-state index in [-0.39, 0.29) is 0 Å². The Labute approximate surface area is 118 Å². The molecule has 3 rings (SSSR count). The summed E-state index contributed by atoms with van der Waals surface area (Å²) in [5.74, 6) is 0.705. The van der Waals surface area contributed by atoms with Gasteiger partial charge in [0.05, 0.1) is 15.6 Å². The van der Waals surface area contributed by atoms with Crippen LogP contribution in [0, 0.1) is 13.8 Å². The van der Waals surface area contributed by atoms with E-state index in [2.05, 4.69) is 23.2 Å². The Morgan fingerprint density at radius 3 is 2.68 bits per heavy atom. The molecule has 0 amide bonds. The van der Waals surface area contributed by atoms with Gasteiger partial charge < -0.3 is 5.11 Å². The number of aliphatic hydroxyl groups excluding tert-OH is 1. The van der Waals surface area contributed by atoms with E-state index >= 15 is 0 Å². The zero-order valence-corrected chi connectivity index (χ0v) is 12.2. The normalized spacial score (nSPS) is 17.2. The van der Waals surface area contributed by atoms with Crippen molar-refractivity contribution < 1.29 is 5.11 Å². The van der Waals surface area contributed by atoms with Gasteiger partial charge in [-0.1, -0.05) is 30.7 Å². The molecule has 1 atom stereocenters. The van der Waals surface area contributed by atoms with Crippen LogP contribution in [-0.4, -0.2) is 10.1 Å². The van der Waals surface area contributed by atoms with Gasteiger partial charge in [0.25, 0.3) is 0 Å². The van der Waals surface area contributed by atoms with Gasteiger partial charge in [-0.2, -0.15) is 0 Å². The lowest BCUT2D eigenvalue weighted by atomic mass is 9.79. The van der Waals surface area contributed by atoms with Crippen molar-refractivity contribution >= 4 is 11.3 Å². The lowest BCUT2D eigenvalue weighted by Crippen LogP contribution is -2.09. The van der Waals surface area contributed by atoms with Crippen LogP contribution in [0.1, 0.15) is 58.0 Å². The second kappa shape index (κ2) is 5.06. The van der Waals surface area contributed by atoms with Crippen molar-refractivity contribution in [3.8, 4) is 0 Å². The number of aromatic nitrogens is 1. The molecule has 0 spiro atoms. The van der Waals surface area contributed by atoms with Crippen LogP contribution in [0.2, 0.25) is 0 Å². The lowest BCUT2D eigenvalue weighted by molar-refractivity contribution is 0.223. The maximum Gasteiger partial charge on any atom is 0.115 e. The highest BCUT2D eigenvalue weighted by Gasteiger charge is 2.22. The smallest absolute Gasteiger partial charge is 0.115 e. The summed E-state index contributed by atoms with van der Waals surface area (Å²) in [6.45, 7) is 3.95. The van der Waals surface area contributed by atoms with Gasteiger partial charge in [-0.05, 0) is 43.7 Å². The molecule has 1 aliphatic carbocycles. The molecule has 1 aromatic carbocycles. The van der Waals surface area contributed by atoms with E-state index in [4.69, 9.17) is 0 Å². The summed E-state index contributed by atoms with van der Waals surface area (Å²) in [4.78, 5) is 5.38. The standard InChI is InChI=1S/C16H19NOS/c1-10-16(19-11(2)17-10)15(18)14-8-4-7-13(9-14)12-5-3-6-12/h4,7-9,12,15,18H,3,5-6H2,1-2H3. The lowest BCUT2D eigenvalue weighted by Gasteiger charge is -2.26. The van der Waals surface area contributed by atoms with Gasteiger partial charge in [0.1, 0.15) is 6.10 Å². The second-order valence-electron chi connectivity index (χ2n) is 5.38. The molecule has 1 heterocycles. The molecular weight excluding hydrogens is 254 g/mol. The summed E-state index contributed by atoms with van der Waals surface area (Å²) in [5, 5.41) is 11.6. The van der Waals surface area contributed by atoms with Gasteiger partial charge in [-0.15, -0.1) is 11.3 Å². The third-order valence-electron chi connectivity index (χ3n) is 3.99. The third-order valence-corrected chi connectivity index (χ3v) is 5.12. The Morgan fingerprint density at radius 1 is 1.32 bits per heavy atom. The Balaban J connectivity index is 1.90. The minimum Gasteiger partial charge on any atom is -0.383 e. The number of hydrogen-bond acceptors (Lipinski definition) is 3. The Kier molecular flexibility index (Phi) is 3.42. The van der Waals surface area contributed by atoms with Crippen molar-refractivity contribution in [3.63, 3.8) is 0 Å². The SMILES string of the molecule is Cc1nc(C)c(C(O)c2cccc(C3CCC3)c2)s1. The first kappa shape index (κ1) is 12.8. The monoisotopic (exact) mass is 273 g/mol. The van der Waals surface area contributed by atoms with E-state index in [1.807, 2.05) is 19.9 Å². The molecule has 1 fully saturated rings. The largest absolute Gasteiger partial charge is 0.383 e. The number of benzene rings is 1. The zero-order valence-electron chi connectivity index (χ0n) is 11.4. The van der Waals surface area contributed by atoms with Crippen LogP contribution in [0.3, 0.4) is 0 Å². The van der Waals surface area contributed by atoms with Crippen molar-refractivity contribution in [1.82, 2.24) is 4.98 Å². The van der Waals surface area contributed by atoms with E-state index < -0.39 is 6.10 Å². The van der Waals surface area contributed by atoms with Gasteiger partial charge >= 0.3 is 0 Å². The van der Waals surface area contributed by atoms with Gasteiger partial charge in [0.15, 0.2) is 0 Å². The number of rotatable bonds is 3. The van der Waals surface area contributed by atoms with E-state index in [0.717, 1.165) is 21.1 Å². The molecule has 0 radical (unpaired) electrons. The molecule has 0 bridgehead atoms. The predicted octanol–water partition coefficient (Wildman–Crippen LogP) is 4.11. The summed E-state index contributed by atoms with van der Waals surface area (Å²) in [7, 11) is 0. The topological polar surface area (TPSA) is 33.1 Å². The summed E-state index contributed by atoms with van der Waals surface area (Å²) in [6, 6.07) is 8.44. The first-order chi connectivity index (χ1) is 9.15. The van der Waals surface area contributed by atoms with Gasteiger partial charge in [-0.3, -0.25) is 0 Å². The quantitative estimate of drug-likeness (QED) is 0.913. The zero-order chi connectivity index (χ0) is 13.4. The fourth-order valence-corrected chi connectivity index (χ4v) is 3.62. The molecule has 100 valence electrons. The maximum atomic E-state index is 10.6. The number of aliphatic hydroxyl groups is 1. The van der Waals surface area contributed by atoms with E-state index in [1.54, 1.807) is 11.3 Å². The molecule has 0 saturated heterocycles. The molecule has 1 aromatic heterocycles. The summed E-state index contributed by atoms with van der Waals surface area (Å²) in [6.07, 6.45) is 3.38. The molecule has 0 aliphatic heterocycles. The molecule has 1 aliphatic rings. The number of nitrogens with zero attached hydrogens (tertiary/aromatic N) is 1. The molecule has 1 saturated carbocycles. The van der Waals surface area contributed by atoms with Crippen molar-refractivity contribution in [3.05, 3.63) is 51.0 Å². The first-order valence-corrected chi connectivity index (χ1v) is 7.68. The molecule has 2 nitrogen and oxygen atoms in total. The number of aryl methyl sites for hydroxylation is 2. The second-order valence-corrected chi connectivity index (χ2v) is 6.62. The molecule has 3 heteroatoms. The van der Waals surface area contributed by atoms with Crippen LogP contribution in [0.25, 0.3) is 0 Å². The minimum atomic E-state index is -0.536. The maximum absolute atomic E-state index is 10.6. The summed E-state index contributed by atoms with van der Waals surface area (Å²) < 4.78 is 0. The molecule has 2 aromatic rings. The van der Waals surface area contributed by atoms with Crippen molar-refractivity contribution in [2.24, 2.45) is 0 Å². The van der Waals surface area contributed by atoms with Crippen LogP contribution in [-0.2, 0) is 0 Å². The number of thiazole rings is 1. The average molecular weight is 273 g/mol. The fourth-order valence-electron chi connectivity index (χ4n) is 2.68. The van der Waals surface area contributed by atoms with Gasteiger partial charge in [0, 0.05) is 0 Å². The minimum absolute atomic E-state index is 0.536. The van der Waals surface area contributed by atoms with Crippen LogP contribution >= 0.6 is 11.3 Å². The Morgan fingerprint density at radius 2 is 2.11 bits per heavy atom. The Bertz CT molecular complexity index is 586. The van der Waals surface area contributed by atoms with Crippen molar-refractivity contribution in [2.45, 2.75) is 45.1 Å². The highest BCUT2D eigenvalue weighted by Crippen LogP contribution is 2.38. The van der Waals surface area contributed by atoms with Crippen molar-refractivity contribution in [1.29, 1.82) is 0 Å². The Hall–Kier alpha value is -1.19. The van der Waals surface area contributed by atoms with E-state index in [0.29, 0.717) is 5.92 Å².